The molecule has 0 saturated carbocycles. The van der Waals surface area contributed by atoms with E-state index in [1.54, 1.807) is 6.92 Å². The first-order chi connectivity index (χ1) is 9.26. The largest absolute Gasteiger partial charge is 0.491 e. The quantitative estimate of drug-likeness (QED) is 0.673. The Hall–Kier alpha value is -0.600. The zero-order valence-corrected chi connectivity index (χ0v) is 14.7. The maximum atomic E-state index is 11.3. The molecule has 20 heavy (non-hydrogen) atoms. The molecule has 0 radical (unpaired) electrons. The summed E-state index contributed by atoms with van der Waals surface area (Å²) < 4.78 is 29.1. The molecule has 0 spiro atoms. The molecule has 8 heteroatoms. The molecule has 0 aliphatic carbocycles. The van der Waals surface area contributed by atoms with E-state index in [9.17, 15) is 13.2 Å². The van der Waals surface area contributed by atoms with Crippen molar-refractivity contribution in [3.05, 3.63) is 26.6 Å². The van der Waals surface area contributed by atoms with Gasteiger partial charge in [-0.25, -0.2) is 13.2 Å². The highest BCUT2D eigenvalue weighted by Crippen LogP contribution is 2.34. The topological polar surface area (TPSA) is 80.7 Å². The minimum Gasteiger partial charge on any atom is -0.491 e. The van der Waals surface area contributed by atoms with Gasteiger partial charge in [-0.2, -0.15) is 0 Å². The molecule has 1 N–H and O–H groups in total. The minimum absolute atomic E-state index is 0.0753. The lowest BCUT2D eigenvalue weighted by atomic mass is 10.2. The van der Waals surface area contributed by atoms with Crippen LogP contribution in [0.25, 0.3) is 0 Å². The molecule has 0 aromatic heterocycles. The number of aromatic carboxylic acids is 1. The van der Waals surface area contributed by atoms with Crippen LogP contribution in [-0.4, -0.2) is 37.6 Å². The van der Waals surface area contributed by atoms with Crippen LogP contribution >= 0.6 is 31.9 Å². The number of carboxylic acids is 1. The van der Waals surface area contributed by atoms with Crippen LogP contribution in [0.5, 0.6) is 5.75 Å². The number of ether oxygens (including phenoxy) is 1. The second kappa shape index (κ2) is 7.42. The van der Waals surface area contributed by atoms with Gasteiger partial charge < -0.3 is 9.84 Å². The molecule has 1 aromatic carbocycles. The van der Waals surface area contributed by atoms with E-state index in [1.165, 1.54) is 12.1 Å². The van der Waals surface area contributed by atoms with Gasteiger partial charge in [0.25, 0.3) is 0 Å². The molecular weight excluding hydrogens is 416 g/mol. The Morgan fingerprint density at radius 1 is 1.30 bits per heavy atom. The second-order valence-electron chi connectivity index (χ2n) is 4.01. The van der Waals surface area contributed by atoms with Gasteiger partial charge in [-0.3, -0.25) is 0 Å². The lowest BCUT2D eigenvalue weighted by Gasteiger charge is -2.11. The molecule has 0 aliphatic heterocycles. The van der Waals surface area contributed by atoms with Crippen molar-refractivity contribution < 1.29 is 23.1 Å². The van der Waals surface area contributed by atoms with E-state index in [0.29, 0.717) is 21.1 Å². The van der Waals surface area contributed by atoms with Gasteiger partial charge in [0, 0.05) is 5.75 Å². The van der Waals surface area contributed by atoms with Crippen LogP contribution in [0.15, 0.2) is 21.1 Å². The van der Waals surface area contributed by atoms with Gasteiger partial charge in [-0.1, -0.05) is 6.92 Å². The average molecular weight is 430 g/mol. The van der Waals surface area contributed by atoms with Crippen molar-refractivity contribution in [3.8, 4) is 5.75 Å². The zero-order chi connectivity index (χ0) is 15.3. The summed E-state index contributed by atoms with van der Waals surface area (Å²) in [4.78, 5) is 10.9. The molecule has 1 rings (SSSR count). The Morgan fingerprint density at radius 2 is 1.85 bits per heavy atom. The number of benzene rings is 1. The number of hydrogen-bond acceptors (Lipinski definition) is 4. The van der Waals surface area contributed by atoms with E-state index >= 15 is 0 Å². The minimum atomic E-state index is -2.99. The zero-order valence-electron chi connectivity index (χ0n) is 10.7. The average Bonchev–Trinajstić information content (AvgIpc) is 2.36. The first-order valence-corrected chi connectivity index (χ1v) is 9.23. The van der Waals surface area contributed by atoms with Crippen molar-refractivity contribution in [2.45, 2.75) is 13.3 Å². The number of rotatable bonds is 7. The van der Waals surface area contributed by atoms with Crippen LogP contribution in [-0.2, 0) is 9.84 Å². The third-order valence-corrected chi connectivity index (χ3v) is 5.50. The number of halogens is 2. The Morgan fingerprint density at radius 3 is 2.30 bits per heavy atom. The normalized spacial score (nSPS) is 11.3. The third-order valence-electron chi connectivity index (χ3n) is 2.53. The summed E-state index contributed by atoms with van der Waals surface area (Å²) in [6, 6.07) is 2.87. The van der Waals surface area contributed by atoms with Crippen molar-refractivity contribution in [2.75, 3.05) is 18.1 Å². The molecule has 0 heterocycles. The molecule has 0 unspecified atom stereocenters. The highest BCUT2D eigenvalue weighted by atomic mass is 79.9. The fourth-order valence-electron chi connectivity index (χ4n) is 1.42. The second-order valence-corrected chi connectivity index (χ2v) is 8.19. The van der Waals surface area contributed by atoms with Gasteiger partial charge in [0.15, 0.2) is 0 Å². The fraction of sp³-hybridized carbons (Fsp3) is 0.417. The van der Waals surface area contributed by atoms with E-state index in [-0.39, 0.29) is 23.7 Å². The highest BCUT2D eigenvalue weighted by molar-refractivity contribution is 9.11. The highest BCUT2D eigenvalue weighted by Gasteiger charge is 2.13. The van der Waals surface area contributed by atoms with Gasteiger partial charge in [0.05, 0.1) is 26.9 Å². The molecule has 0 fully saturated rings. The summed E-state index contributed by atoms with van der Waals surface area (Å²) in [6.07, 6.45) is 0.385. The van der Waals surface area contributed by atoms with Crippen LogP contribution in [0.3, 0.4) is 0 Å². The number of sulfone groups is 1. The summed E-state index contributed by atoms with van der Waals surface area (Å²) >= 11 is 6.47. The smallest absolute Gasteiger partial charge is 0.335 e. The Kier molecular flexibility index (Phi) is 6.47. The van der Waals surface area contributed by atoms with Gasteiger partial charge in [-0.15, -0.1) is 0 Å². The molecule has 5 nitrogen and oxygen atoms in total. The molecule has 0 saturated heterocycles. The van der Waals surface area contributed by atoms with Crippen molar-refractivity contribution >= 4 is 47.7 Å². The van der Waals surface area contributed by atoms with Crippen molar-refractivity contribution in [1.29, 1.82) is 0 Å². The molecule has 0 amide bonds. The predicted octanol–water partition coefficient (Wildman–Crippen LogP) is 3.11. The van der Waals surface area contributed by atoms with Crippen LogP contribution in [0.2, 0.25) is 0 Å². The summed E-state index contributed by atoms with van der Waals surface area (Å²) in [7, 11) is -2.99. The van der Waals surface area contributed by atoms with Gasteiger partial charge in [0.1, 0.15) is 15.6 Å². The standard InChI is InChI=1S/C12H14Br2O5S/c1-2-20(17,18)5-3-4-19-11-9(13)6-8(12(15)16)7-10(11)14/h6-7H,2-5H2,1H3,(H,15,16). The molecular formula is C12H14Br2O5S. The third kappa shape index (κ3) is 5.06. The van der Waals surface area contributed by atoms with Crippen LogP contribution in [0.4, 0.5) is 0 Å². The monoisotopic (exact) mass is 428 g/mol. The first-order valence-electron chi connectivity index (χ1n) is 5.82. The fourth-order valence-corrected chi connectivity index (χ4v) is 3.68. The summed E-state index contributed by atoms with van der Waals surface area (Å²) in [5.41, 5.74) is 0.129. The predicted molar refractivity (Wildman–Crippen MR) is 83.2 cm³/mol. The lowest BCUT2D eigenvalue weighted by Crippen LogP contribution is -2.12. The summed E-state index contributed by atoms with van der Waals surface area (Å²) in [5.74, 6) is -0.379. The Labute approximate surface area is 134 Å². The molecule has 0 atom stereocenters. The van der Waals surface area contributed by atoms with Crippen LogP contribution < -0.4 is 4.74 Å². The maximum absolute atomic E-state index is 11.3. The maximum Gasteiger partial charge on any atom is 0.335 e. The molecule has 112 valence electrons. The number of carboxylic acid groups (broad SMARTS) is 1. The van der Waals surface area contributed by atoms with E-state index < -0.39 is 15.8 Å². The van der Waals surface area contributed by atoms with Crippen LogP contribution in [0.1, 0.15) is 23.7 Å². The van der Waals surface area contributed by atoms with Crippen molar-refractivity contribution in [2.24, 2.45) is 0 Å². The lowest BCUT2D eigenvalue weighted by molar-refractivity contribution is 0.0696. The number of carbonyl (C=O) groups is 1. The SMILES string of the molecule is CCS(=O)(=O)CCCOc1c(Br)cc(C(=O)O)cc1Br. The van der Waals surface area contributed by atoms with Gasteiger partial charge in [0.2, 0.25) is 0 Å². The van der Waals surface area contributed by atoms with Gasteiger partial charge >= 0.3 is 5.97 Å². The first kappa shape index (κ1) is 17.5. The van der Waals surface area contributed by atoms with E-state index in [2.05, 4.69) is 31.9 Å². The van der Waals surface area contributed by atoms with Crippen LogP contribution in [0, 0.1) is 0 Å². The molecule has 0 aliphatic rings. The molecule has 0 bridgehead atoms. The molecule has 1 aromatic rings. The summed E-state index contributed by atoms with van der Waals surface area (Å²) in [5, 5.41) is 8.91. The van der Waals surface area contributed by atoms with E-state index in [4.69, 9.17) is 9.84 Å². The van der Waals surface area contributed by atoms with Gasteiger partial charge in [-0.05, 0) is 50.4 Å². The van der Waals surface area contributed by atoms with E-state index in [0.717, 1.165) is 0 Å². The Bertz CT molecular complexity index is 575. The number of hydrogen-bond donors (Lipinski definition) is 1. The van der Waals surface area contributed by atoms with Crippen molar-refractivity contribution in [3.63, 3.8) is 0 Å². The summed E-state index contributed by atoms with van der Waals surface area (Å²) in [6.45, 7) is 1.84. The van der Waals surface area contributed by atoms with E-state index in [1.807, 2.05) is 0 Å². The Balaban J connectivity index is 2.68. The van der Waals surface area contributed by atoms with Crippen molar-refractivity contribution in [1.82, 2.24) is 0 Å².